The first-order valence-corrected chi connectivity index (χ1v) is 5.22. The monoisotopic (exact) mass is 215 g/mol. The highest BCUT2D eigenvalue weighted by Gasteiger charge is 2.27. The van der Waals surface area contributed by atoms with E-state index in [4.69, 9.17) is 11.0 Å². The Bertz CT molecular complexity index is 450. The Morgan fingerprint density at radius 1 is 1.50 bits per heavy atom. The van der Waals surface area contributed by atoms with Gasteiger partial charge in [-0.2, -0.15) is 5.26 Å². The summed E-state index contributed by atoms with van der Waals surface area (Å²) < 4.78 is 0. The largest absolute Gasteiger partial charge is 0.337 e. The van der Waals surface area contributed by atoms with Gasteiger partial charge in [-0.15, -0.1) is 0 Å². The minimum Gasteiger partial charge on any atom is -0.337 e. The molecule has 1 aliphatic heterocycles. The van der Waals surface area contributed by atoms with Gasteiger partial charge in [-0.05, 0) is 11.6 Å². The summed E-state index contributed by atoms with van der Waals surface area (Å²) in [6.07, 6.45) is 0.411. The fourth-order valence-electron chi connectivity index (χ4n) is 1.93. The van der Waals surface area contributed by atoms with E-state index in [0.717, 1.165) is 5.56 Å². The molecule has 82 valence electrons. The molecule has 1 heterocycles. The fraction of sp³-hybridized carbons (Fsp3) is 0.333. The standard InChI is InChI=1S/C12H13N3O/c13-6-9-3-1-2-4-10(9)7-15-8-11(14)5-12(15)16/h1-4,11H,5,7-8,14H2. The molecule has 2 N–H and O–H groups in total. The number of nitriles is 1. The second kappa shape index (κ2) is 4.33. The third kappa shape index (κ3) is 2.05. The number of nitrogens with two attached hydrogens (primary N) is 1. The third-order valence-corrected chi connectivity index (χ3v) is 2.74. The average Bonchev–Trinajstić information content (AvgIpc) is 2.58. The lowest BCUT2D eigenvalue weighted by Gasteiger charge is -2.16. The third-order valence-electron chi connectivity index (χ3n) is 2.74. The first-order valence-electron chi connectivity index (χ1n) is 5.22. The molecular formula is C12H13N3O. The summed E-state index contributed by atoms with van der Waals surface area (Å²) in [6, 6.07) is 9.38. The number of benzene rings is 1. The Balaban J connectivity index is 2.16. The van der Waals surface area contributed by atoms with E-state index in [-0.39, 0.29) is 11.9 Å². The molecule has 1 aromatic carbocycles. The zero-order chi connectivity index (χ0) is 11.5. The molecule has 4 heteroatoms. The second-order valence-electron chi connectivity index (χ2n) is 4.01. The van der Waals surface area contributed by atoms with Crippen LogP contribution in [-0.4, -0.2) is 23.4 Å². The van der Waals surface area contributed by atoms with Crippen LogP contribution in [0.1, 0.15) is 17.5 Å². The highest BCUT2D eigenvalue weighted by atomic mass is 16.2. The number of hydrogen-bond donors (Lipinski definition) is 1. The maximum absolute atomic E-state index is 11.6. The van der Waals surface area contributed by atoms with Crippen LogP contribution in [0.3, 0.4) is 0 Å². The summed E-state index contributed by atoms with van der Waals surface area (Å²) in [6.45, 7) is 1.06. The average molecular weight is 215 g/mol. The predicted octanol–water partition coefficient (Wildman–Crippen LogP) is 0.618. The molecule has 0 aromatic heterocycles. The maximum atomic E-state index is 11.6. The lowest BCUT2D eigenvalue weighted by atomic mass is 10.1. The van der Waals surface area contributed by atoms with Gasteiger partial charge in [-0.3, -0.25) is 4.79 Å². The molecule has 0 aliphatic carbocycles. The molecule has 0 spiro atoms. The number of hydrogen-bond acceptors (Lipinski definition) is 3. The molecule has 1 aromatic rings. The van der Waals surface area contributed by atoms with Crippen molar-refractivity contribution >= 4 is 5.91 Å². The molecule has 1 unspecified atom stereocenters. The lowest BCUT2D eigenvalue weighted by molar-refractivity contribution is -0.128. The SMILES string of the molecule is N#Cc1ccccc1CN1CC(N)CC1=O. The van der Waals surface area contributed by atoms with Crippen molar-refractivity contribution in [1.82, 2.24) is 4.90 Å². The van der Waals surface area contributed by atoms with E-state index in [1.807, 2.05) is 18.2 Å². The van der Waals surface area contributed by atoms with Crippen LogP contribution >= 0.6 is 0 Å². The van der Waals surface area contributed by atoms with E-state index in [1.165, 1.54) is 0 Å². The number of likely N-dealkylation sites (tertiary alicyclic amines) is 1. The molecule has 1 amide bonds. The van der Waals surface area contributed by atoms with Gasteiger partial charge in [0.15, 0.2) is 0 Å². The molecule has 1 fully saturated rings. The topological polar surface area (TPSA) is 70.1 Å². The first-order chi connectivity index (χ1) is 7.70. The Labute approximate surface area is 94.3 Å². The maximum Gasteiger partial charge on any atom is 0.224 e. The minimum absolute atomic E-state index is 0.0678. The Morgan fingerprint density at radius 3 is 2.88 bits per heavy atom. The molecule has 0 radical (unpaired) electrons. The normalized spacial score (nSPS) is 19.9. The number of nitrogens with zero attached hydrogens (tertiary/aromatic N) is 2. The van der Waals surface area contributed by atoms with Crippen LogP contribution in [0.15, 0.2) is 24.3 Å². The molecule has 0 bridgehead atoms. The number of amides is 1. The number of carbonyl (C=O) groups is 1. The van der Waals surface area contributed by atoms with Crippen molar-refractivity contribution in [3.63, 3.8) is 0 Å². The van der Waals surface area contributed by atoms with Crippen molar-refractivity contribution < 1.29 is 4.79 Å². The zero-order valence-electron chi connectivity index (χ0n) is 8.89. The quantitative estimate of drug-likeness (QED) is 0.786. The molecule has 2 rings (SSSR count). The lowest BCUT2D eigenvalue weighted by Crippen LogP contribution is -2.28. The molecule has 1 saturated heterocycles. The minimum atomic E-state index is -0.0678. The Kier molecular flexibility index (Phi) is 2.88. The van der Waals surface area contributed by atoms with Crippen LogP contribution in [0.25, 0.3) is 0 Å². The van der Waals surface area contributed by atoms with Gasteiger partial charge in [0.2, 0.25) is 5.91 Å². The van der Waals surface area contributed by atoms with Gasteiger partial charge in [-0.25, -0.2) is 0 Å². The summed E-state index contributed by atoms with van der Waals surface area (Å²) in [5, 5.41) is 8.93. The molecule has 1 atom stereocenters. The summed E-state index contributed by atoms with van der Waals surface area (Å²) in [7, 11) is 0. The molecule has 16 heavy (non-hydrogen) atoms. The number of rotatable bonds is 2. The van der Waals surface area contributed by atoms with Crippen molar-refractivity contribution in [1.29, 1.82) is 5.26 Å². The van der Waals surface area contributed by atoms with Crippen LogP contribution in [0, 0.1) is 11.3 Å². The second-order valence-corrected chi connectivity index (χ2v) is 4.01. The highest BCUT2D eigenvalue weighted by molar-refractivity contribution is 5.79. The molecule has 0 saturated carbocycles. The summed E-state index contributed by atoms with van der Waals surface area (Å²) in [5.74, 6) is 0.0697. The molecule has 4 nitrogen and oxygen atoms in total. The first kappa shape index (κ1) is 10.7. The van der Waals surface area contributed by atoms with E-state index in [1.54, 1.807) is 11.0 Å². The van der Waals surface area contributed by atoms with Crippen LogP contribution in [0.5, 0.6) is 0 Å². The number of carbonyl (C=O) groups excluding carboxylic acids is 1. The van der Waals surface area contributed by atoms with Gasteiger partial charge in [0.1, 0.15) is 0 Å². The van der Waals surface area contributed by atoms with E-state index < -0.39 is 0 Å². The van der Waals surface area contributed by atoms with Gasteiger partial charge < -0.3 is 10.6 Å². The Morgan fingerprint density at radius 2 is 2.25 bits per heavy atom. The van der Waals surface area contributed by atoms with Gasteiger partial charge in [-0.1, -0.05) is 18.2 Å². The van der Waals surface area contributed by atoms with Crippen LogP contribution in [0.4, 0.5) is 0 Å². The van der Waals surface area contributed by atoms with E-state index in [0.29, 0.717) is 25.1 Å². The molecular weight excluding hydrogens is 202 g/mol. The van der Waals surface area contributed by atoms with Crippen LogP contribution in [-0.2, 0) is 11.3 Å². The van der Waals surface area contributed by atoms with Crippen molar-refractivity contribution in [3.8, 4) is 6.07 Å². The van der Waals surface area contributed by atoms with Crippen LogP contribution < -0.4 is 5.73 Å². The van der Waals surface area contributed by atoms with E-state index >= 15 is 0 Å². The van der Waals surface area contributed by atoms with Gasteiger partial charge in [0.05, 0.1) is 11.6 Å². The highest BCUT2D eigenvalue weighted by Crippen LogP contribution is 2.16. The smallest absolute Gasteiger partial charge is 0.224 e. The summed E-state index contributed by atoms with van der Waals surface area (Å²) in [5.41, 5.74) is 7.22. The summed E-state index contributed by atoms with van der Waals surface area (Å²) >= 11 is 0. The van der Waals surface area contributed by atoms with Crippen LogP contribution in [0.2, 0.25) is 0 Å². The summed E-state index contributed by atoms with van der Waals surface area (Å²) in [4.78, 5) is 13.3. The fourth-order valence-corrected chi connectivity index (χ4v) is 1.93. The van der Waals surface area contributed by atoms with E-state index in [2.05, 4.69) is 6.07 Å². The Hall–Kier alpha value is -1.86. The van der Waals surface area contributed by atoms with Crippen molar-refractivity contribution in [2.75, 3.05) is 6.54 Å². The van der Waals surface area contributed by atoms with Crippen molar-refractivity contribution in [2.24, 2.45) is 5.73 Å². The van der Waals surface area contributed by atoms with Gasteiger partial charge >= 0.3 is 0 Å². The molecule has 1 aliphatic rings. The van der Waals surface area contributed by atoms with E-state index in [9.17, 15) is 4.79 Å². The van der Waals surface area contributed by atoms with Crippen molar-refractivity contribution in [3.05, 3.63) is 35.4 Å². The van der Waals surface area contributed by atoms with Gasteiger partial charge in [0.25, 0.3) is 0 Å². The van der Waals surface area contributed by atoms with Gasteiger partial charge in [0, 0.05) is 25.6 Å². The zero-order valence-corrected chi connectivity index (χ0v) is 8.89. The van der Waals surface area contributed by atoms with Crippen molar-refractivity contribution in [2.45, 2.75) is 19.0 Å². The predicted molar refractivity (Wildman–Crippen MR) is 59.2 cm³/mol.